The molecule has 2 heterocycles. The van der Waals surface area contributed by atoms with Gasteiger partial charge in [-0.3, -0.25) is 10.5 Å². The van der Waals surface area contributed by atoms with Gasteiger partial charge in [0.1, 0.15) is 0 Å². The molecular formula is C17H12F3N5. The fourth-order valence-corrected chi connectivity index (χ4v) is 2.94. The Morgan fingerprint density at radius 2 is 2.00 bits per heavy atom. The van der Waals surface area contributed by atoms with E-state index in [9.17, 15) is 18.4 Å². The van der Waals surface area contributed by atoms with Gasteiger partial charge in [-0.05, 0) is 37.4 Å². The van der Waals surface area contributed by atoms with Crippen LogP contribution in [0.25, 0.3) is 10.9 Å². The van der Waals surface area contributed by atoms with Gasteiger partial charge < -0.3 is 0 Å². The van der Waals surface area contributed by atoms with Gasteiger partial charge in [0.15, 0.2) is 5.71 Å². The van der Waals surface area contributed by atoms with Gasteiger partial charge in [0.2, 0.25) is 0 Å². The van der Waals surface area contributed by atoms with Crippen molar-refractivity contribution in [2.45, 2.75) is 25.9 Å². The number of halogens is 3. The Balaban J connectivity index is 2.28. The van der Waals surface area contributed by atoms with Crippen LogP contribution in [0.3, 0.4) is 0 Å². The van der Waals surface area contributed by atoms with E-state index in [0.717, 1.165) is 11.1 Å². The quantitative estimate of drug-likeness (QED) is 0.768. The summed E-state index contributed by atoms with van der Waals surface area (Å²) in [5.74, 6) is 0.812. The average molecular weight is 343 g/mol. The summed E-state index contributed by atoms with van der Waals surface area (Å²) < 4.78 is 40.0. The van der Waals surface area contributed by atoms with Gasteiger partial charge >= 0.3 is 6.18 Å². The molecule has 0 fully saturated rings. The molecular weight excluding hydrogens is 331 g/mol. The normalized spacial score (nSPS) is 18.2. The average Bonchev–Trinajstić information content (AvgIpc) is 2.93. The van der Waals surface area contributed by atoms with Crippen LogP contribution in [0.15, 0.2) is 40.0 Å². The number of rotatable bonds is 1. The molecule has 1 atom stereocenters. The van der Waals surface area contributed by atoms with Crippen molar-refractivity contribution in [1.29, 1.82) is 10.7 Å². The monoisotopic (exact) mass is 343 g/mol. The van der Waals surface area contributed by atoms with Gasteiger partial charge in [0.25, 0.3) is 0 Å². The lowest BCUT2D eigenvalue weighted by Crippen LogP contribution is -2.31. The molecule has 3 rings (SSSR count). The smallest absolute Gasteiger partial charge is 0.282 e. The molecule has 0 aliphatic carbocycles. The zero-order valence-corrected chi connectivity index (χ0v) is 13.3. The van der Waals surface area contributed by atoms with Crippen LogP contribution >= 0.6 is 0 Å². The first-order valence-electron chi connectivity index (χ1n) is 7.29. The molecule has 2 aromatic rings. The Bertz CT molecular complexity index is 1030. The molecule has 8 heteroatoms. The minimum Gasteiger partial charge on any atom is -0.282 e. The number of nitrogens with one attached hydrogen (secondary N) is 2. The van der Waals surface area contributed by atoms with Gasteiger partial charge in [-0.2, -0.15) is 23.5 Å². The lowest BCUT2D eigenvalue weighted by Gasteiger charge is -2.26. The number of benzene rings is 1. The summed E-state index contributed by atoms with van der Waals surface area (Å²) in [4.78, 5) is 3.51. The Labute approximate surface area is 140 Å². The molecule has 0 radical (unpaired) electrons. The number of aromatic nitrogens is 2. The fourth-order valence-electron chi connectivity index (χ4n) is 2.94. The molecule has 5 nitrogen and oxygen atoms in total. The van der Waals surface area contributed by atoms with Gasteiger partial charge in [0, 0.05) is 11.1 Å². The summed E-state index contributed by atoms with van der Waals surface area (Å²) in [5.41, 5.74) is 0.298. The molecule has 0 saturated heterocycles. The summed E-state index contributed by atoms with van der Waals surface area (Å²) in [7, 11) is 0. The molecule has 0 saturated carbocycles. The van der Waals surface area contributed by atoms with Crippen LogP contribution in [-0.4, -0.2) is 28.0 Å². The number of alkyl halides is 3. The van der Waals surface area contributed by atoms with E-state index in [1.54, 1.807) is 25.1 Å². The Morgan fingerprint density at radius 3 is 2.60 bits per heavy atom. The lowest BCUT2D eigenvalue weighted by molar-refractivity contribution is -0.0585. The van der Waals surface area contributed by atoms with Crippen LogP contribution in [0.4, 0.5) is 13.2 Å². The number of aryl methyl sites for hydroxylation is 1. The molecule has 25 heavy (non-hydrogen) atoms. The second-order valence-electron chi connectivity index (χ2n) is 5.67. The molecule has 1 aliphatic heterocycles. The third kappa shape index (κ3) is 2.65. The van der Waals surface area contributed by atoms with Crippen LogP contribution < -0.4 is 0 Å². The van der Waals surface area contributed by atoms with Gasteiger partial charge in [-0.1, -0.05) is 6.07 Å². The third-order valence-corrected chi connectivity index (χ3v) is 4.13. The maximum atomic E-state index is 13.3. The number of fused-ring (bicyclic) bond motifs is 1. The second-order valence-corrected chi connectivity index (χ2v) is 5.67. The molecule has 1 aromatic heterocycles. The minimum atomic E-state index is -4.74. The van der Waals surface area contributed by atoms with Crippen molar-refractivity contribution in [3.63, 3.8) is 0 Å². The van der Waals surface area contributed by atoms with Crippen molar-refractivity contribution in [1.82, 2.24) is 10.2 Å². The maximum absolute atomic E-state index is 13.3. The van der Waals surface area contributed by atoms with Crippen LogP contribution in [0.1, 0.15) is 24.1 Å². The standard InChI is InChI=1S/C17H12F3N5/c1-8-12(6-21)15(13(7-22)16(23-8)17(18,19)20)10-3-4-14-11(5-10)9(2)24-25-14/h3-5,15,22H,1-2H3,(H,24,25)/t15-/m0/s1. The van der Waals surface area contributed by atoms with Crippen LogP contribution in [-0.2, 0) is 0 Å². The number of aliphatic imine (C=N–C) groups is 1. The van der Waals surface area contributed by atoms with Gasteiger partial charge in [0.05, 0.1) is 34.3 Å². The molecule has 0 bridgehead atoms. The van der Waals surface area contributed by atoms with Gasteiger partial charge in [-0.15, -0.1) is 0 Å². The van der Waals surface area contributed by atoms with E-state index in [0.29, 0.717) is 11.1 Å². The predicted octanol–water partition coefficient (Wildman–Crippen LogP) is 3.94. The Hall–Kier alpha value is -3.17. The summed E-state index contributed by atoms with van der Waals surface area (Å²) >= 11 is 0. The number of aromatic amines is 1. The second kappa shape index (κ2) is 5.72. The number of allylic oxidation sites excluding steroid dienone is 3. The van der Waals surface area contributed by atoms with Crippen molar-refractivity contribution in [2.24, 2.45) is 4.99 Å². The van der Waals surface area contributed by atoms with E-state index in [1.165, 1.54) is 6.92 Å². The molecule has 0 amide bonds. The Kier molecular flexibility index (Phi) is 3.82. The molecule has 0 unspecified atom stereocenters. The van der Waals surface area contributed by atoms with Crippen LogP contribution in [0.5, 0.6) is 0 Å². The zero-order valence-electron chi connectivity index (χ0n) is 13.3. The van der Waals surface area contributed by atoms with E-state index in [1.807, 2.05) is 11.9 Å². The number of nitriles is 1. The zero-order chi connectivity index (χ0) is 18.4. The number of nitrogens with zero attached hydrogens (tertiary/aromatic N) is 3. The lowest BCUT2D eigenvalue weighted by atomic mass is 9.80. The maximum Gasteiger partial charge on any atom is 0.434 e. The molecule has 0 spiro atoms. The topological polar surface area (TPSA) is 88.7 Å². The summed E-state index contributed by atoms with van der Waals surface area (Å²) in [6, 6.07) is 6.88. The Morgan fingerprint density at radius 1 is 1.28 bits per heavy atom. The van der Waals surface area contributed by atoms with Crippen LogP contribution in [0, 0.1) is 23.7 Å². The van der Waals surface area contributed by atoms with Crippen molar-refractivity contribution in [2.75, 3.05) is 0 Å². The summed E-state index contributed by atoms with van der Waals surface area (Å²) in [6.45, 7) is 3.15. The van der Waals surface area contributed by atoms with E-state index in [-0.39, 0.29) is 11.3 Å². The predicted molar refractivity (Wildman–Crippen MR) is 86.6 cm³/mol. The third-order valence-electron chi connectivity index (χ3n) is 4.13. The number of H-pyrrole nitrogens is 1. The SMILES string of the molecule is CC1=C(C#N)[C@H](c2ccc3n[nH]c(C)c3c2)C(=C=N)C(C(F)(F)F)=N1. The van der Waals surface area contributed by atoms with E-state index in [4.69, 9.17) is 5.41 Å². The fraction of sp³-hybridized carbons (Fsp3) is 0.235. The van der Waals surface area contributed by atoms with Crippen molar-refractivity contribution < 1.29 is 13.2 Å². The first-order chi connectivity index (χ1) is 11.8. The number of hydrogen-bond donors (Lipinski definition) is 2. The minimum absolute atomic E-state index is 0.0113. The molecule has 2 N–H and O–H groups in total. The van der Waals surface area contributed by atoms with Crippen molar-refractivity contribution in [3.8, 4) is 6.07 Å². The van der Waals surface area contributed by atoms with Crippen molar-refractivity contribution >= 4 is 22.5 Å². The highest BCUT2D eigenvalue weighted by molar-refractivity contribution is 6.13. The number of hydrogen-bond acceptors (Lipinski definition) is 4. The van der Waals surface area contributed by atoms with E-state index in [2.05, 4.69) is 15.2 Å². The highest BCUT2D eigenvalue weighted by atomic mass is 19.4. The summed E-state index contributed by atoms with van der Waals surface area (Å²) in [5, 5.41) is 24.5. The van der Waals surface area contributed by atoms with E-state index >= 15 is 0 Å². The van der Waals surface area contributed by atoms with Crippen LogP contribution in [0.2, 0.25) is 0 Å². The first-order valence-corrected chi connectivity index (χ1v) is 7.29. The van der Waals surface area contributed by atoms with E-state index < -0.39 is 23.4 Å². The highest BCUT2D eigenvalue weighted by Crippen LogP contribution is 2.41. The molecule has 1 aliphatic rings. The molecule has 1 aromatic carbocycles. The first kappa shape index (κ1) is 16.7. The largest absolute Gasteiger partial charge is 0.434 e. The highest BCUT2D eigenvalue weighted by Gasteiger charge is 2.44. The van der Waals surface area contributed by atoms with Crippen molar-refractivity contribution in [3.05, 3.63) is 46.3 Å². The van der Waals surface area contributed by atoms with Gasteiger partial charge in [-0.25, -0.2) is 4.99 Å². The summed E-state index contributed by atoms with van der Waals surface area (Å²) in [6.07, 6.45) is -4.74. The molecule has 126 valence electrons.